The zero-order valence-electron chi connectivity index (χ0n) is 19.4. The van der Waals surface area contributed by atoms with Crippen LogP contribution in [0.4, 0.5) is 0 Å². The SMILES string of the molecule is CCCn1c(=O)n2cnnc2c2[nH]c(-c3cc(S(=O)(=O)N4CCNCC4)ccc3OCC)c(Cl)c21. The van der Waals surface area contributed by atoms with Gasteiger partial charge in [0.25, 0.3) is 0 Å². The third kappa shape index (κ3) is 3.90. The molecule has 0 aliphatic carbocycles. The molecule has 0 radical (unpaired) electrons. The molecule has 13 heteroatoms. The maximum absolute atomic E-state index is 13.4. The Balaban J connectivity index is 1.76. The molecule has 2 N–H and O–H groups in total. The first-order valence-corrected chi connectivity index (χ1v) is 13.3. The number of nitrogens with zero attached hydrogens (tertiary/aromatic N) is 5. The lowest BCUT2D eigenvalue weighted by molar-refractivity contribution is 0.341. The van der Waals surface area contributed by atoms with Crippen LogP contribution >= 0.6 is 11.6 Å². The highest BCUT2D eigenvalue weighted by molar-refractivity contribution is 7.89. The first-order valence-electron chi connectivity index (χ1n) is 11.5. The molecule has 186 valence electrons. The molecule has 35 heavy (non-hydrogen) atoms. The highest BCUT2D eigenvalue weighted by Gasteiger charge is 2.28. The maximum atomic E-state index is 13.4. The second kappa shape index (κ2) is 9.26. The van der Waals surface area contributed by atoms with Crippen molar-refractivity contribution in [3.8, 4) is 17.0 Å². The number of H-pyrrole nitrogens is 1. The van der Waals surface area contributed by atoms with Crippen LogP contribution in [-0.4, -0.2) is 69.7 Å². The van der Waals surface area contributed by atoms with E-state index in [1.807, 2.05) is 13.8 Å². The van der Waals surface area contributed by atoms with Gasteiger partial charge in [-0.2, -0.15) is 4.31 Å². The minimum Gasteiger partial charge on any atom is -0.493 e. The summed E-state index contributed by atoms with van der Waals surface area (Å²) in [7, 11) is -3.72. The molecule has 0 amide bonds. The van der Waals surface area contributed by atoms with Crippen molar-refractivity contribution >= 4 is 38.3 Å². The van der Waals surface area contributed by atoms with Crippen LogP contribution in [-0.2, 0) is 16.6 Å². The number of hydrogen-bond acceptors (Lipinski definition) is 7. The third-order valence-electron chi connectivity index (χ3n) is 6.07. The van der Waals surface area contributed by atoms with Crippen molar-refractivity contribution in [1.82, 2.24) is 33.8 Å². The van der Waals surface area contributed by atoms with Crippen LogP contribution in [0.2, 0.25) is 5.02 Å². The second-order valence-electron chi connectivity index (χ2n) is 8.24. The van der Waals surface area contributed by atoms with Gasteiger partial charge in [0.05, 0.1) is 27.7 Å². The smallest absolute Gasteiger partial charge is 0.335 e. The number of benzene rings is 1. The number of rotatable bonds is 7. The number of aromatic amines is 1. The average molecular weight is 520 g/mol. The van der Waals surface area contributed by atoms with Crippen LogP contribution in [0, 0.1) is 0 Å². The Hall–Kier alpha value is -2.93. The lowest BCUT2D eigenvalue weighted by atomic mass is 10.1. The Labute approximate surface area is 206 Å². The number of aryl methyl sites for hydroxylation is 1. The molecule has 0 unspecified atom stereocenters. The number of aromatic nitrogens is 5. The Morgan fingerprint density at radius 1 is 1.20 bits per heavy atom. The number of halogens is 1. The van der Waals surface area contributed by atoms with E-state index >= 15 is 0 Å². The molecule has 4 heterocycles. The van der Waals surface area contributed by atoms with Crippen molar-refractivity contribution in [3.63, 3.8) is 0 Å². The molecule has 0 bridgehead atoms. The fourth-order valence-corrected chi connectivity index (χ4v) is 6.26. The van der Waals surface area contributed by atoms with E-state index in [1.54, 1.807) is 22.8 Å². The summed E-state index contributed by atoms with van der Waals surface area (Å²) in [5, 5.41) is 11.4. The first-order chi connectivity index (χ1) is 16.9. The van der Waals surface area contributed by atoms with Gasteiger partial charge in [-0.25, -0.2) is 17.6 Å². The first kappa shape index (κ1) is 23.8. The van der Waals surface area contributed by atoms with E-state index in [1.165, 1.54) is 15.0 Å². The van der Waals surface area contributed by atoms with E-state index < -0.39 is 10.0 Å². The zero-order chi connectivity index (χ0) is 24.7. The van der Waals surface area contributed by atoms with E-state index in [4.69, 9.17) is 16.3 Å². The van der Waals surface area contributed by atoms with Crippen LogP contribution in [0.15, 0.2) is 34.2 Å². The largest absolute Gasteiger partial charge is 0.493 e. The van der Waals surface area contributed by atoms with Gasteiger partial charge in [-0.3, -0.25) is 4.57 Å². The molecule has 11 nitrogen and oxygen atoms in total. The Kier molecular flexibility index (Phi) is 6.30. The minimum atomic E-state index is -3.72. The molecule has 4 aromatic rings. The van der Waals surface area contributed by atoms with E-state index in [0.29, 0.717) is 79.4 Å². The average Bonchev–Trinajstić information content (AvgIpc) is 3.48. The summed E-state index contributed by atoms with van der Waals surface area (Å²) in [6, 6.07) is 4.76. The van der Waals surface area contributed by atoms with Crippen molar-refractivity contribution in [3.05, 3.63) is 40.0 Å². The fraction of sp³-hybridized carbons (Fsp3) is 0.409. The molecule has 5 rings (SSSR count). The molecule has 0 atom stereocenters. The molecule has 1 aromatic carbocycles. The van der Waals surface area contributed by atoms with Gasteiger partial charge in [0.15, 0.2) is 5.65 Å². The molecule has 1 aliphatic heterocycles. The summed E-state index contributed by atoms with van der Waals surface area (Å²) in [6.45, 7) is 6.62. The number of ether oxygens (including phenoxy) is 1. The normalized spacial score (nSPS) is 15.3. The molecule has 3 aromatic heterocycles. The third-order valence-corrected chi connectivity index (χ3v) is 8.34. The topological polar surface area (TPSA) is 127 Å². The van der Waals surface area contributed by atoms with E-state index in [9.17, 15) is 13.2 Å². The number of sulfonamides is 1. The maximum Gasteiger partial charge on any atom is 0.335 e. The van der Waals surface area contributed by atoms with Gasteiger partial charge in [-0.15, -0.1) is 10.2 Å². The van der Waals surface area contributed by atoms with Gasteiger partial charge >= 0.3 is 5.69 Å². The fourth-order valence-electron chi connectivity index (χ4n) is 4.45. The zero-order valence-corrected chi connectivity index (χ0v) is 21.0. The van der Waals surface area contributed by atoms with Gasteiger partial charge in [0.1, 0.15) is 17.6 Å². The summed E-state index contributed by atoms with van der Waals surface area (Å²) >= 11 is 6.89. The Bertz CT molecular complexity index is 1570. The van der Waals surface area contributed by atoms with E-state index in [-0.39, 0.29) is 15.6 Å². The van der Waals surface area contributed by atoms with Crippen LogP contribution in [0.1, 0.15) is 20.3 Å². The summed E-state index contributed by atoms with van der Waals surface area (Å²) < 4.78 is 37.0. The quantitative estimate of drug-likeness (QED) is 0.383. The Morgan fingerprint density at radius 3 is 2.69 bits per heavy atom. The monoisotopic (exact) mass is 519 g/mol. The van der Waals surface area contributed by atoms with Crippen molar-refractivity contribution in [2.45, 2.75) is 31.7 Å². The van der Waals surface area contributed by atoms with Gasteiger partial charge in [0, 0.05) is 38.3 Å². The van der Waals surface area contributed by atoms with E-state index in [2.05, 4.69) is 20.5 Å². The predicted octanol–water partition coefficient (Wildman–Crippen LogP) is 2.10. The molecular weight excluding hydrogens is 494 g/mol. The lowest BCUT2D eigenvalue weighted by Gasteiger charge is -2.27. The standard InChI is InChI=1S/C22H26ClN7O4S/c1-3-9-29-20-17(23)18(26-19(20)21-27-25-13-30(21)22(29)31)15-12-14(5-6-16(15)34-4-2)35(32,33)28-10-7-24-8-11-28/h5-6,12-13,24,26H,3-4,7-11H2,1-2H3. The Morgan fingerprint density at radius 2 is 1.97 bits per heavy atom. The molecule has 0 saturated carbocycles. The minimum absolute atomic E-state index is 0.145. The van der Waals surface area contributed by atoms with Crippen molar-refractivity contribution in [2.24, 2.45) is 0 Å². The second-order valence-corrected chi connectivity index (χ2v) is 10.6. The number of hydrogen-bond donors (Lipinski definition) is 2. The van der Waals surface area contributed by atoms with Crippen molar-refractivity contribution in [1.29, 1.82) is 0 Å². The van der Waals surface area contributed by atoms with Crippen molar-refractivity contribution in [2.75, 3.05) is 32.8 Å². The molecular formula is C22H26ClN7O4S. The highest BCUT2D eigenvalue weighted by Crippen LogP contribution is 2.40. The summed E-state index contributed by atoms with van der Waals surface area (Å²) in [5.41, 5.74) is 2.00. The van der Waals surface area contributed by atoms with Gasteiger partial charge in [0.2, 0.25) is 10.0 Å². The predicted molar refractivity (Wildman–Crippen MR) is 133 cm³/mol. The molecule has 1 aliphatic rings. The van der Waals surface area contributed by atoms with E-state index in [0.717, 1.165) is 0 Å². The number of fused-ring (bicyclic) bond motifs is 3. The number of piperazine rings is 1. The van der Waals surface area contributed by atoms with Crippen molar-refractivity contribution < 1.29 is 13.2 Å². The summed E-state index contributed by atoms with van der Waals surface area (Å²) in [4.78, 5) is 16.5. The summed E-state index contributed by atoms with van der Waals surface area (Å²) in [6.07, 6.45) is 2.08. The molecule has 0 spiro atoms. The van der Waals surface area contributed by atoms with Crippen LogP contribution in [0.3, 0.4) is 0 Å². The lowest BCUT2D eigenvalue weighted by Crippen LogP contribution is -2.46. The molecule has 1 fully saturated rings. The molecule has 1 saturated heterocycles. The van der Waals surface area contributed by atoms with Gasteiger partial charge in [-0.1, -0.05) is 18.5 Å². The van der Waals surface area contributed by atoms with Crippen LogP contribution in [0.25, 0.3) is 27.9 Å². The van der Waals surface area contributed by atoms with Gasteiger partial charge in [-0.05, 0) is 31.5 Å². The number of nitrogens with one attached hydrogen (secondary N) is 2. The highest BCUT2D eigenvalue weighted by atomic mass is 35.5. The van der Waals surface area contributed by atoms with Gasteiger partial charge < -0.3 is 15.0 Å². The van der Waals surface area contributed by atoms with Crippen LogP contribution < -0.4 is 15.7 Å². The summed E-state index contributed by atoms with van der Waals surface area (Å²) in [5.74, 6) is 0.474. The van der Waals surface area contributed by atoms with Crippen LogP contribution in [0.5, 0.6) is 5.75 Å².